The molecule has 0 atom stereocenters. The smallest absolute Gasteiger partial charge is 0.227 e. The van der Waals surface area contributed by atoms with Crippen LogP contribution in [0, 0.1) is 0 Å². The molecule has 0 unspecified atom stereocenters. The predicted octanol–water partition coefficient (Wildman–Crippen LogP) is 5.79. The lowest BCUT2D eigenvalue weighted by Gasteiger charge is -2.43. The fourth-order valence-corrected chi connectivity index (χ4v) is 5.61. The summed E-state index contributed by atoms with van der Waals surface area (Å²) in [5, 5.41) is 14.8. The number of aromatic amines is 1. The number of aliphatic hydroxyl groups is 1. The van der Waals surface area contributed by atoms with Crippen LogP contribution in [0.4, 0.5) is 11.6 Å². The van der Waals surface area contributed by atoms with Gasteiger partial charge in [-0.25, -0.2) is 9.97 Å². The van der Waals surface area contributed by atoms with E-state index in [1.165, 1.54) is 24.0 Å². The van der Waals surface area contributed by atoms with Gasteiger partial charge in [-0.1, -0.05) is 35.9 Å². The Balaban J connectivity index is 1.22. The molecule has 2 aromatic carbocycles. The topological polar surface area (TPSA) is 80.3 Å². The van der Waals surface area contributed by atoms with Gasteiger partial charge in [0.2, 0.25) is 5.95 Å². The van der Waals surface area contributed by atoms with Gasteiger partial charge in [0, 0.05) is 66.6 Å². The molecule has 0 spiro atoms. The van der Waals surface area contributed by atoms with Gasteiger partial charge in [0.25, 0.3) is 0 Å². The predicted molar refractivity (Wildman–Crippen MR) is 154 cm³/mol. The first-order valence-electron chi connectivity index (χ1n) is 13.5. The number of hydrogen-bond donors (Lipinski definition) is 3. The summed E-state index contributed by atoms with van der Waals surface area (Å²) < 4.78 is 0. The maximum absolute atomic E-state index is 9.74. The Labute approximate surface area is 228 Å². The molecule has 1 aliphatic heterocycles. The van der Waals surface area contributed by atoms with Crippen molar-refractivity contribution in [2.75, 3.05) is 38.1 Å². The lowest BCUT2D eigenvalue weighted by molar-refractivity contribution is 0.0148. The zero-order valence-corrected chi connectivity index (χ0v) is 22.8. The monoisotopic (exact) mass is 530 g/mol. The van der Waals surface area contributed by atoms with Crippen LogP contribution in [0.25, 0.3) is 22.2 Å². The number of piperazine rings is 1. The Morgan fingerprint density at radius 1 is 1.11 bits per heavy atom. The lowest BCUT2D eigenvalue weighted by atomic mass is 10.0. The van der Waals surface area contributed by atoms with Crippen molar-refractivity contribution in [3.8, 4) is 11.3 Å². The van der Waals surface area contributed by atoms with Gasteiger partial charge >= 0.3 is 0 Å². The van der Waals surface area contributed by atoms with Crippen LogP contribution in [-0.2, 0) is 6.54 Å². The molecule has 2 fully saturated rings. The van der Waals surface area contributed by atoms with Crippen LogP contribution in [0.15, 0.2) is 54.9 Å². The number of fused-ring (bicyclic) bond motifs is 1. The molecule has 6 rings (SSSR count). The molecule has 3 heterocycles. The maximum atomic E-state index is 9.74. The molecule has 0 radical (unpaired) electrons. The number of benzene rings is 2. The molecule has 2 aromatic heterocycles. The summed E-state index contributed by atoms with van der Waals surface area (Å²) in [6, 6.07) is 15.0. The van der Waals surface area contributed by atoms with Crippen LogP contribution in [0.2, 0.25) is 5.02 Å². The molecule has 38 heavy (non-hydrogen) atoms. The van der Waals surface area contributed by atoms with E-state index in [9.17, 15) is 5.11 Å². The van der Waals surface area contributed by atoms with Crippen LogP contribution in [0.1, 0.15) is 43.7 Å². The summed E-state index contributed by atoms with van der Waals surface area (Å²) in [7, 11) is 0. The Morgan fingerprint density at radius 3 is 2.66 bits per heavy atom. The van der Waals surface area contributed by atoms with Crippen LogP contribution in [0.3, 0.4) is 0 Å². The summed E-state index contributed by atoms with van der Waals surface area (Å²) >= 11 is 6.56. The summed E-state index contributed by atoms with van der Waals surface area (Å²) in [5.74, 6) is 1.18. The van der Waals surface area contributed by atoms with Crippen LogP contribution in [-0.4, -0.2) is 68.2 Å². The highest BCUT2D eigenvalue weighted by molar-refractivity contribution is 6.33. The molecule has 1 saturated heterocycles. The number of H-pyrrole nitrogens is 1. The van der Waals surface area contributed by atoms with E-state index in [2.05, 4.69) is 63.2 Å². The molecule has 0 amide bonds. The van der Waals surface area contributed by atoms with Crippen molar-refractivity contribution in [3.05, 3.63) is 71.0 Å². The van der Waals surface area contributed by atoms with Crippen molar-refractivity contribution in [1.29, 1.82) is 0 Å². The molecule has 198 valence electrons. The zero-order chi connectivity index (χ0) is 26.3. The minimum absolute atomic E-state index is 0.167. The van der Waals surface area contributed by atoms with Gasteiger partial charge < -0.3 is 15.4 Å². The number of rotatable bonds is 8. The Bertz CT molecular complexity index is 1440. The fourth-order valence-electron chi connectivity index (χ4n) is 5.42. The van der Waals surface area contributed by atoms with Crippen molar-refractivity contribution in [1.82, 2.24) is 24.8 Å². The van der Waals surface area contributed by atoms with E-state index in [0.717, 1.165) is 54.9 Å². The Morgan fingerprint density at radius 2 is 1.89 bits per heavy atom. The van der Waals surface area contributed by atoms with E-state index in [-0.39, 0.29) is 12.1 Å². The highest BCUT2D eigenvalue weighted by atomic mass is 35.5. The molecular formula is C30H35ClN6O. The lowest BCUT2D eigenvalue weighted by Crippen LogP contribution is -2.55. The molecule has 1 aliphatic carbocycles. The third kappa shape index (κ3) is 5.29. The summed E-state index contributed by atoms with van der Waals surface area (Å²) in [4.78, 5) is 17.5. The molecule has 3 N–H and O–H groups in total. The first-order valence-corrected chi connectivity index (χ1v) is 13.9. The minimum atomic E-state index is -0.167. The van der Waals surface area contributed by atoms with Crippen molar-refractivity contribution in [2.45, 2.75) is 44.7 Å². The number of hydrogen-bond acceptors (Lipinski definition) is 6. The second kappa shape index (κ2) is 10.3. The van der Waals surface area contributed by atoms with E-state index in [0.29, 0.717) is 22.6 Å². The number of aliphatic hydroxyl groups excluding tert-OH is 1. The number of nitrogens with zero attached hydrogens (tertiary/aromatic N) is 4. The molecule has 1 saturated carbocycles. The third-order valence-electron chi connectivity index (χ3n) is 7.93. The highest BCUT2D eigenvalue weighted by Gasteiger charge is 2.29. The molecule has 8 heteroatoms. The molecule has 7 nitrogen and oxygen atoms in total. The van der Waals surface area contributed by atoms with E-state index < -0.39 is 0 Å². The van der Waals surface area contributed by atoms with Gasteiger partial charge in [0.15, 0.2) is 0 Å². The van der Waals surface area contributed by atoms with Crippen molar-refractivity contribution >= 4 is 34.1 Å². The summed E-state index contributed by atoms with van der Waals surface area (Å²) in [5.41, 5.74) is 6.26. The molecular weight excluding hydrogens is 496 g/mol. The molecule has 2 aliphatic rings. The number of nitrogens with one attached hydrogen (secondary N) is 2. The number of para-hydroxylation sites is 1. The number of aromatic nitrogens is 3. The van der Waals surface area contributed by atoms with Crippen molar-refractivity contribution in [3.63, 3.8) is 0 Å². The Hall–Kier alpha value is -2.97. The van der Waals surface area contributed by atoms with E-state index >= 15 is 0 Å². The number of anilines is 2. The van der Waals surface area contributed by atoms with Gasteiger partial charge in [-0.15, -0.1) is 0 Å². The zero-order valence-electron chi connectivity index (χ0n) is 22.0. The van der Waals surface area contributed by atoms with Crippen molar-refractivity contribution < 1.29 is 5.11 Å². The van der Waals surface area contributed by atoms with E-state index in [4.69, 9.17) is 16.6 Å². The van der Waals surface area contributed by atoms with Gasteiger partial charge in [-0.05, 0) is 61.9 Å². The van der Waals surface area contributed by atoms with Crippen LogP contribution >= 0.6 is 11.6 Å². The van der Waals surface area contributed by atoms with Gasteiger partial charge in [0.05, 0.1) is 23.5 Å². The average Bonchev–Trinajstić information content (AvgIpc) is 3.69. The summed E-state index contributed by atoms with van der Waals surface area (Å²) in [6.45, 7) is 9.24. The first-order chi connectivity index (χ1) is 18.4. The standard InChI is InChI=1S/C30H35ClN6O/c1-30(2,19-38)37-11-9-36(10-12-37)18-20-13-22(21-7-8-21)15-23(14-20)34-29-33-17-26(31)28(35-29)25-16-32-27-6-4-3-5-24(25)27/h3-6,13-17,21,32,38H,7-12,18-19H2,1-2H3,(H,33,34,35). The second-order valence-electron chi connectivity index (χ2n) is 11.2. The summed E-state index contributed by atoms with van der Waals surface area (Å²) in [6.07, 6.45) is 6.13. The molecule has 4 aromatic rings. The minimum Gasteiger partial charge on any atom is -0.394 e. The highest BCUT2D eigenvalue weighted by Crippen LogP contribution is 2.42. The fraction of sp³-hybridized carbons (Fsp3) is 0.400. The number of halogens is 1. The SMILES string of the molecule is CC(C)(CO)N1CCN(Cc2cc(Nc3ncc(Cl)c(-c4c[nH]c5ccccc45)n3)cc(C3CC3)c2)CC1. The van der Waals surface area contributed by atoms with Crippen LogP contribution < -0.4 is 5.32 Å². The Kier molecular flexibility index (Phi) is 6.86. The third-order valence-corrected chi connectivity index (χ3v) is 8.21. The molecule has 0 bridgehead atoms. The van der Waals surface area contributed by atoms with Gasteiger partial charge in [0.1, 0.15) is 0 Å². The van der Waals surface area contributed by atoms with Gasteiger partial charge in [-0.2, -0.15) is 0 Å². The first kappa shape index (κ1) is 25.3. The van der Waals surface area contributed by atoms with E-state index in [1.54, 1.807) is 6.20 Å². The van der Waals surface area contributed by atoms with Crippen LogP contribution in [0.5, 0.6) is 0 Å². The quantitative estimate of drug-likeness (QED) is 0.267. The largest absolute Gasteiger partial charge is 0.394 e. The van der Waals surface area contributed by atoms with E-state index in [1.807, 2.05) is 24.4 Å². The van der Waals surface area contributed by atoms with Crippen molar-refractivity contribution in [2.24, 2.45) is 0 Å². The van der Waals surface area contributed by atoms with Gasteiger partial charge in [-0.3, -0.25) is 9.80 Å². The normalized spacial score (nSPS) is 17.3. The maximum Gasteiger partial charge on any atom is 0.227 e. The average molecular weight is 531 g/mol. The second-order valence-corrected chi connectivity index (χ2v) is 11.6.